The molecular formula is C21H45N3NaO3+3. The SMILES string of the molecule is CCCCCCCCCCC[N+]1(O)CCN=C1CC.C[N+](C)(C)CC(=O)O.[Na+]. The Morgan fingerprint density at radius 3 is 1.89 bits per heavy atom. The van der Waals surface area contributed by atoms with Crippen LogP contribution in [0.2, 0.25) is 0 Å². The summed E-state index contributed by atoms with van der Waals surface area (Å²) in [6, 6.07) is 0. The van der Waals surface area contributed by atoms with Gasteiger partial charge in [0.2, 0.25) is 5.84 Å². The fourth-order valence-electron chi connectivity index (χ4n) is 3.34. The standard InChI is InChI=1S/C16H33N2O.C5H11NO2.Na/c1-3-5-6-7-8-9-10-11-12-14-18(19)15-13-17-16(18)4-2;1-6(2,3)4-5(7)8;/h19H,3-15H2,1-2H3;4H2,1-3H3;/q+1;;+1/p+1. The summed E-state index contributed by atoms with van der Waals surface area (Å²) < 4.78 is 0.613. The molecule has 0 aliphatic carbocycles. The van der Waals surface area contributed by atoms with Gasteiger partial charge in [0, 0.05) is 6.42 Å². The van der Waals surface area contributed by atoms with Crippen LogP contribution in [-0.2, 0) is 4.79 Å². The Labute approximate surface area is 195 Å². The van der Waals surface area contributed by atoms with Crippen LogP contribution in [0.4, 0.5) is 0 Å². The topological polar surface area (TPSA) is 69.9 Å². The molecule has 1 atom stereocenters. The molecule has 0 saturated carbocycles. The third-order valence-corrected chi connectivity index (χ3v) is 4.80. The van der Waals surface area contributed by atoms with E-state index in [1.54, 1.807) is 0 Å². The summed E-state index contributed by atoms with van der Waals surface area (Å²) in [4.78, 5) is 14.4. The Hall–Kier alpha value is 0.0200. The van der Waals surface area contributed by atoms with E-state index in [4.69, 9.17) is 5.11 Å². The molecule has 0 aromatic heterocycles. The van der Waals surface area contributed by atoms with E-state index in [-0.39, 0.29) is 40.7 Å². The molecule has 0 saturated heterocycles. The van der Waals surface area contributed by atoms with E-state index in [0.29, 0.717) is 4.48 Å². The molecule has 0 aromatic carbocycles. The largest absolute Gasteiger partial charge is 1.00 e. The summed E-state index contributed by atoms with van der Waals surface area (Å²) in [5, 5.41) is 18.7. The van der Waals surface area contributed by atoms with Crippen LogP contribution in [0.1, 0.15) is 78.1 Å². The Kier molecular flexibility index (Phi) is 18.1. The van der Waals surface area contributed by atoms with Gasteiger partial charge in [-0.05, 0) is 12.8 Å². The molecule has 28 heavy (non-hydrogen) atoms. The molecule has 1 unspecified atom stereocenters. The molecule has 2 N–H and O–H groups in total. The first kappa shape index (κ1) is 30.2. The van der Waals surface area contributed by atoms with Gasteiger partial charge in [-0.15, -0.1) is 4.65 Å². The van der Waals surface area contributed by atoms with E-state index in [1.807, 2.05) is 21.1 Å². The average Bonchev–Trinajstić information content (AvgIpc) is 2.92. The van der Waals surface area contributed by atoms with Crippen LogP contribution in [0.5, 0.6) is 0 Å². The van der Waals surface area contributed by atoms with Crippen molar-refractivity contribution in [2.45, 2.75) is 78.1 Å². The Morgan fingerprint density at radius 2 is 1.50 bits per heavy atom. The van der Waals surface area contributed by atoms with Crippen molar-refractivity contribution in [2.24, 2.45) is 4.99 Å². The number of unbranched alkanes of at least 4 members (excludes halogenated alkanes) is 8. The van der Waals surface area contributed by atoms with Gasteiger partial charge in [0.05, 0.1) is 27.7 Å². The molecule has 1 heterocycles. The number of aliphatic carboxylic acids is 1. The number of carboxylic acids is 1. The first-order valence-corrected chi connectivity index (χ1v) is 10.8. The first-order valence-electron chi connectivity index (χ1n) is 10.8. The second-order valence-electron chi connectivity index (χ2n) is 8.69. The number of aliphatic imine (C=N–C) groups is 1. The summed E-state index contributed by atoms with van der Waals surface area (Å²) >= 11 is 0. The zero-order valence-corrected chi connectivity index (χ0v) is 21.5. The van der Waals surface area contributed by atoms with Gasteiger partial charge >= 0.3 is 35.5 Å². The van der Waals surface area contributed by atoms with Crippen molar-refractivity contribution in [3.8, 4) is 0 Å². The predicted octanol–water partition coefficient (Wildman–Crippen LogP) is 1.33. The second-order valence-corrected chi connectivity index (χ2v) is 8.69. The number of amidine groups is 1. The molecule has 0 aromatic rings. The van der Waals surface area contributed by atoms with Crippen LogP contribution in [0.25, 0.3) is 0 Å². The molecule has 7 heteroatoms. The van der Waals surface area contributed by atoms with E-state index < -0.39 is 5.97 Å². The van der Waals surface area contributed by atoms with E-state index in [1.165, 1.54) is 51.4 Å². The minimum Gasteiger partial charge on any atom is -0.477 e. The number of hydrogen-bond donors (Lipinski definition) is 2. The number of nitrogens with zero attached hydrogens (tertiary/aromatic N) is 3. The minimum atomic E-state index is -0.752. The van der Waals surface area contributed by atoms with Gasteiger partial charge in [-0.25, -0.2) is 15.0 Å². The zero-order valence-electron chi connectivity index (χ0n) is 19.5. The van der Waals surface area contributed by atoms with Crippen molar-refractivity contribution in [3.63, 3.8) is 0 Å². The fraction of sp³-hybridized carbons (Fsp3) is 0.905. The maximum absolute atomic E-state index is 10.5. The third kappa shape index (κ3) is 15.9. The van der Waals surface area contributed by atoms with Gasteiger partial charge in [-0.3, -0.25) is 0 Å². The number of rotatable bonds is 13. The minimum absolute atomic E-state index is 0. The fourth-order valence-corrected chi connectivity index (χ4v) is 3.34. The van der Waals surface area contributed by atoms with E-state index in [9.17, 15) is 10.0 Å². The van der Waals surface area contributed by atoms with Crippen molar-refractivity contribution in [1.29, 1.82) is 0 Å². The van der Waals surface area contributed by atoms with Crippen molar-refractivity contribution >= 4 is 11.8 Å². The molecule has 160 valence electrons. The van der Waals surface area contributed by atoms with Gasteiger partial charge < -0.3 is 9.59 Å². The summed E-state index contributed by atoms with van der Waals surface area (Å²) in [6.45, 7) is 6.99. The quantitative estimate of drug-likeness (QED) is 0.273. The molecular weight excluding hydrogens is 365 g/mol. The van der Waals surface area contributed by atoms with Gasteiger partial charge in [-0.1, -0.05) is 58.8 Å². The number of carbonyl (C=O) groups is 1. The van der Waals surface area contributed by atoms with Crippen LogP contribution in [0, 0.1) is 0 Å². The average molecular weight is 411 g/mol. The Morgan fingerprint density at radius 1 is 1.00 bits per heavy atom. The molecule has 0 bridgehead atoms. The molecule has 0 amide bonds. The van der Waals surface area contributed by atoms with Crippen LogP contribution in [0.3, 0.4) is 0 Å². The molecule has 0 fully saturated rings. The number of likely N-dealkylation sites (N-methyl/N-ethyl adjacent to an activating group) is 1. The third-order valence-electron chi connectivity index (χ3n) is 4.80. The Bertz CT molecular complexity index is 439. The maximum Gasteiger partial charge on any atom is 1.00 e. The maximum atomic E-state index is 10.5. The van der Waals surface area contributed by atoms with Gasteiger partial charge in [0.1, 0.15) is 13.1 Å². The van der Waals surface area contributed by atoms with Gasteiger partial charge in [0.25, 0.3) is 0 Å². The van der Waals surface area contributed by atoms with Gasteiger partial charge in [-0.2, -0.15) is 0 Å². The normalized spacial score (nSPS) is 18.7. The van der Waals surface area contributed by atoms with Crippen LogP contribution in [-0.4, -0.2) is 78.6 Å². The molecule has 1 aliphatic heterocycles. The number of hydrogen-bond acceptors (Lipinski definition) is 3. The van der Waals surface area contributed by atoms with Crippen molar-refractivity contribution in [1.82, 2.24) is 0 Å². The van der Waals surface area contributed by atoms with Crippen molar-refractivity contribution in [3.05, 3.63) is 0 Å². The number of hydroxylamine groups is 3. The molecule has 6 nitrogen and oxygen atoms in total. The summed E-state index contributed by atoms with van der Waals surface area (Å²) in [7, 11) is 5.52. The summed E-state index contributed by atoms with van der Waals surface area (Å²) in [5.41, 5.74) is 0. The van der Waals surface area contributed by atoms with E-state index in [2.05, 4.69) is 18.8 Å². The number of carboxylic acid groups (broad SMARTS) is 1. The molecule has 1 aliphatic rings. The molecule has 0 radical (unpaired) electrons. The van der Waals surface area contributed by atoms with Crippen LogP contribution < -0.4 is 29.6 Å². The first-order chi connectivity index (χ1) is 12.6. The molecule has 1 rings (SSSR count). The van der Waals surface area contributed by atoms with Crippen LogP contribution >= 0.6 is 0 Å². The molecule has 0 spiro atoms. The van der Waals surface area contributed by atoms with Crippen molar-refractivity contribution in [2.75, 3.05) is 47.3 Å². The smallest absolute Gasteiger partial charge is 0.477 e. The Balaban J connectivity index is 0. The van der Waals surface area contributed by atoms with Crippen molar-refractivity contribution < 1.29 is 53.8 Å². The summed E-state index contributed by atoms with van der Waals surface area (Å²) in [5.74, 6) is 0.233. The monoisotopic (exact) mass is 410 g/mol. The van der Waals surface area contributed by atoms with Gasteiger partial charge in [0.15, 0.2) is 6.54 Å². The van der Waals surface area contributed by atoms with Crippen LogP contribution in [0.15, 0.2) is 4.99 Å². The van der Waals surface area contributed by atoms with E-state index >= 15 is 0 Å². The zero-order chi connectivity index (χ0) is 20.8. The summed E-state index contributed by atoms with van der Waals surface area (Å²) in [6.07, 6.45) is 12.9. The second kappa shape index (κ2) is 16.8. The number of quaternary nitrogens is 2. The van der Waals surface area contributed by atoms with E-state index in [0.717, 1.165) is 38.3 Å². The predicted molar refractivity (Wildman–Crippen MR) is 112 cm³/mol.